The van der Waals surface area contributed by atoms with Gasteiger partial charge in [0.15, 0.2) is 0 Å². The van der Waals surface area contributed by atoms with Crippen LogP contribution in [0.1, 0.15) is 31.4 Å². The molecule has 19 heavy (non-hydrogen) atoms. The Kier molecular flexibility index (Phi) is 5.90. The van der Waals surface area contributed by atoms with E-state index < -0.39 is 10.0 Å². The second-order valence-electron chi connectivity index (χ2n) is 4.68. The molecule has 0 heterocycles. The first-order chi connectivity index (χ1) is 8.84. The van der Waals surface area contributed by atoms with Crippen LogP contribution in [0, 0.1) is 5.92 Å². The zero-order chi connectivity index (χ0) is 14.5. The zero-order valence-electron chi connectivity index (χ0n) is 11.2. The molecule has 0 saturated carbocycles. The van der Waals surface area contributed by atoms with Crippen molar-refractivity contribution in [3.05, 3.63) is 35.4 Å². The Morgan fingerprint density at radius 2 is 1.95 bits per heavy atom. The highest BCUT2D eigenvalue weighted by Crippen LogP contribution is 2.08. The summed E-state index contributed by atoms with van der Waals surface area (Å²) in [5.74, 6) is 0.313. The maximum Gasteiger partial charge on any atom is 0.215 e. The van der Waals surface area contributed by atoms with Crippen molar-refractivity contribution in [3.8, 4) is 0 Å². The zero-order valence-corrected chi connectivity index (χ0v) is 12.9. The molecule has 1 unspecified atom stereocenters. The van der Waals surface area contributed by atoms with Crippen molar-refractivity contribution in [2.24, 2.45) is 11.7 Å². The van der Waals surface area contributed by atoms with Gasteiger partial charge in [0.25, 0.3) is 0 Å². The van der Waals surface area contributed by atoms with E-state index >= 15 is 0 Å². The summed E-state index contributed by atoms with van der Waals surface area (Å²) in [4.78, 5) is 0.310. The molecular formula is C13H20N2O2S2. The van der Waals surface area contributed by atoms with E-state index in [1.54, 1.807) is 24.3 Å². The molecule has 6 heteroatoms. The van der Waals surface area contributed by atoms with E-state index in [2.05, 4.69) is 4.72 Å². The summed E-state index contributed by atoms with van der Waals surface area (Å²) in [6.45, 7) is 4.52. The lowest BCUT2D eigenvalue weighted by molar-refractivity contribution is 0.528. The lowest BCUT2D eigenvalue weighted by Crippen LogP contribution is -2.29. The minimum Gasteiger partial charge on any atom is -0.389 e. The van der Waals surface area contributed by atoms with Crippen LogP contribution in [0.4, 0.5) is 0 Å². The van der Waals surface area contributed by atoms with E-state index in [0.717, 1.165) is 17.5 Å². The molecule has 0 aromatic heterocycles. The average molecular weight is 300 g/mol. The van der Waals surface area contributed by atoms with Crippen LogP contribution < -0.4 is 10.5 Å². The van der Waals surface area contributed by atoms with Crippen LogP contribution >= 0.6 is 12.2 Å². The quantitative estimate of drug-likeness (QED) is 0.753. The molecule has 0 aliphatic carbocycles. The minimum atomic E-state index is -3.29. The molecule has 4 nitrogen and oxygen atoms in total. The molecule has 0 saturated heterocycles. The predicted molar refractivity (Wildman–Crippen MR) is 82.4 cm³/mol. The molecule has 3 N–H and O–H groups in total. The van der Waals surface area contributed by atoms with Gasteiger partial charge >= 0.3 is 0 Å². The molecule has 1 rings (SSSR count). The lowest BCUT2D eigenvalue weighted by Gasteiger charge is -2.11. The SMILES string of the molecule is CCC(C)CNS(=O)(=O)Cc1ccc(C(N)=S)cc1. The Morgan fingerprint density at radius 3 is 2.42 bits per heavy atom. The Bertz CT molecular complexity index is 524. The molecule has 0 radical (unpaired) electrons. The number of rotatable bonds is 7. The smallest absolute Gasteiger partial charge is 0.215 e. The number of hydrogen-bond donors (Lipinski definition) is 2. The van der Waals surface area contributed by atoms with Crippen molar-refractivity contribution in [1.29, 1.82) is 0 Å². The van der Waals surface area contributed by atoms with Crippen LogP contribution in [0.25, 0.3) is 0 Å². The lowest BCUT2D eigenvalue weighted by atomic mass is 10.1. The molecule has 0 aliphatic rings. The molecular weight excluding hydrogens is 280 g/mol. The topological polar surface area (TPSA) is 72.2 Å². The average Bonchev–Trinajstić information content (AvgIpc) is 2.36. The fourth-order valence-corrected chi connectivity index (χ4v) is 2.86. The van der Waals surface area contributed by atoms with E-state index in [4.69, 9.17) is 18.0 Å². The number of nitrogens with two attached hydrogens (primary N) is 1. The maximum atomic E-state index is 11.9. The van der Waals surface area contributed by atoms with Gasteiger partial charge in [0.1, 0.15) is 4.99 Å². The van der Waals surface area contributed by atoms with Gasteiger partial charge in [-0.2, -0.15) is 0 Å². The molecule has 0 bridgehead atoms. The van der Waals surface area contributed by atoms with Crippen molar-refractivity contribution in [2.75, 3.05) is 6.54 Å². The van der Waals surface area contributed by atoms with E-state index in [-0.39, 0.29) is 5.75 Å². The Morgan fingerprint density at radius 1 is 1.37 bits per heavy atom. The number of thiocarbonyl (C=S) groups is 1. The second-order valence-corrected chi connectivity index (χ2v) is 6.93. The van der Waals surface area contributed by atoms with Gasteiger partial charge in [0.2, 0.25) is 10.0 Å². The molecule has 0 aliphatic heterocycles. The van der Waals surface area contributed by atoms with Gasteiger partial charge in [-0.3, -0.25) is 0 Å². The molecule has 1 atom stereocenters. The van der Waals surface area contributed by atoms with Crippen molar-refractivity contribution in [2.45, 2.75) is 26.0 Å². The van der Waals surface area contributed by atoms with E-state index in [1.807, 2.05) is 13.8 Å². The summed E-state index contributed by atoms with van der Waals surface area (Å²) in [5.41, 5.74) is 6.95. The molecule has 0 spiro atoms. The number of nitrogens with one attached hydrogen (secondary N) is 1. The van der Waals surface area contributed by atoms with Crippen LogP contribution in [0.15, 0.2) is 24.3 Å². The van der Waals surface area contributed by atoms with Gasteiger partial charge in [0.05, 0.1) is 5.75 Å². The van der Waals surface area contributed by atoms with Gasteiger partial charge in [-0.15, -0.1) is 0 Å². The fourth-order valence-electron chi connectivity index (χ4n) is 1.45. The van der Waals surface area contributed by atoms with Crippen molar-refractivity contribution >= 4 is 27.2 Å². The van der Waals surface area contributed by atoms with Crippen LogP contribution in [0.2, 0.25) is 0 Å². The standard InChI is InChI=1S/C13H20N2O2S2/c1-3-10(2)8-15-19(16,17)9-11-4-6-12(7-5-11)13(14)18/h4-7,10,15H,3,8-9H2,1-2H3,(H2,14,18). The third kappa shape index (κ3) is 5.67. The first kappa shape index (κ1) is 16.1. The van der Waals surface area contributed by atoms with Crippen LogP contribution in [-0.2, 0) is 15.8 Å². The van der Waals surface area contributed by atoms with Crippen LogP contribution in [0.3, 0.4) is 0 Å². The predicted octanol–water partition coefficient (Wildman–Crippen LogP) is 1.79. The molecule has 0 amide bonds. The molecule has 1 aromatic rings. The van der Waals surface area contributed by atoms with Crippen molar-refractivity contribution in [1.82, 2.24) is 4.72 Å². The number of benzene rings is 1. The summed E-state index contributed by atoms with van der Waals surface area (Å²) >= 11 is 4.85. The van der Waals surface area contributed by atoms with Crippen molar-refractivity contribution < 1.29 is 8.42 Å². The largest absolute Gasteiger partial charge is 0.389 e. The Balaban J connectivity index is 2.65. The second kappa shape index (κ2) is 6.98. The summed E-state index contributed by atoms with van der Waals surface area (Å²) in [6.07, 6.45) is 0.950. The summed E-state index contributed by atoms with van der Waals surface area (Å²) in [7, 11) is -3.29. The van der Waals surface area contributed by atoms with Gasteiger partial charge in [0, 0.05) is 12.1 Å². The van der Waals surface area contributed by atoms with E-state index in [1.165, 1.54) is 0 Å². The Labute approximate surface area is 120 Å². The maximum absolute atomic E-state index is 11.9. The van der Waals surface area contributed by atoms with Gasteiger partial charge in [-0.1, -0.05) is 56.8 Å². The van der Waals surface area contributed by atoms with Gasteiger partial charge < -0.3 is 5.73 Å². The molecule has 0 fully saturated rings. The normalized spacial score (nSPS) is 13.2. The first-order valence-corrected chi connectivity index (χ1v) is 8.26. The fraction of sp³-hybridized carbons (Fsp3) is 0.462. The highest BCUT2D eigenvalue weighted by Gasteiger charge is 2.12. The molecule has 1 aromatic carbocycles. The third-order valence-corrected chi connectivity index (χ3v) is 4.50. The number of sulfonamides is 1. The summed E-state index contributed by atoms with van der Waals surface area (Å²) in [5, 5.41) is 0. The van der Waals surface area contributed by atoms with Crippen LogP contribution in [0.5, 0.6) is 0 Å². The monoisotopic (exact) mass is 300 g/mol. The van der Waals surface area contributed by atoms with Crippen molar-refractivity contribution in [3.63, 3.8) is 0 Å². The highest BCUT2D eigenvalue weighted by molar-refractivity contribution is 7.88. The summed E-state index contributed by atoms with van der Waals surface area (Å²) in [6, 6.07) is 6.94. The first-order valence-electron chi connectivity index (χ1n) is 6.20. The summed E-state index contributed by atoms with van der Waals surface area (Å²) < 4.78 is 26.4. The number of hydrogen-bond acceptors (Lipinski definition) is 3. The molecule has 106 valence electrons. The van der Waals surface area contributed by atoms with Gasteiger partial charge in [-0.05, 0) is 11.5 Å². The highest BCUT2D eigenvalue weighted by atomic mass is 32.2. The van der Waals surface area contributed by atoms with E-state index in [9.17, 15) is 8.42 Å². The van der Waals surface area contributed by atoms with Crippen LogP contribution in [-0.4, -0.2) is 20.0 Å². The van der Waals surface area contributed by atoms with E-state index in [0.29, 0.717) is 17.5 Å². The Hall–Kier alpha value is -0.980. The minimum absolute atomic E-state index is 0.0267. The van der Waals surface area contributed by atoms with Gasteiger partial charge in [-0.25, -0.2) is 13.1 Å². The third-order valence-electron chi connectivity index (χ3n) is 2.94.